The normalized spacial score (nSPS) is 17.9. The van der Waals surface area contributed by atoms with Crippen molar-refractivity contribution in [1.29, 1.82) is 0 Å². The first kappa shape index (κ1) is 27.0. The molecule has 0 saturated carbocycles. The summed E-state index contributed by atoms with van der Waals surface area (Å²) in [5.41, 5.74) is 8.88. The molecule has 0 aromatic heterocycles. The number of benzene rings is 4. The van der Waals surface area contributed by atoms with Crippen LogP contribution >= 0.6 is 0 Å². The molecular weight excluding hydrogens is 506 g/mol. The Morgan fingerprint density at radius 1 is 0.829 bits per heavy atom. The van der Waals surface area contributed by atoms with Crippen molar-refractivity contribution in [1.82, 2.24) is 15.3 Å². The standard InChI is InChI=1S/C36H37N3O2/c1-2-3-23-39(38-24-12-11-22-33(38)37-25-40)36(41)35-32-19-10-9-18-29(32)31-21-13-20-30(34(31)35)28-17-8-7-16-27(28)26-14-5-4-6-15-26/h4-10,13-21,25,33,35H,2-3,11-12,22-24H2,1H3,(H,37,40). The van der Waals surface area contributed by atoms with E-state index in [9.17, 15) is 9.59 Å². The molecule has 1 N–H and O–H groups in total. The van der Waals surface area contributed by atoms with Gasteiger partial charge < -0.3 is 5.32 Å². The quantitative estimate of drug-likeness (QED) is 0.227. The number of rotatable bonds is 9. The Morgan fingerprint density at radius 2 is 1.49 bits per heavy atom. The van der Waals surface area contributed by atoms with Crippen LogP contribution < -0.4 is 5.32 Å². The lowest BCUT2D eigenvalue weighted by Crippen LogP contribution is -2.59. The number of amides is 2. The van der Waals surface area contributed by atoms with Gasteiger partial charge in [0.15, 0.2) is 0 Å². The minimum atomic E-state index is -0.433. The Balaban J connectivity index is 1.51. The number of hydrogen-bond acceptors (Lipinski definition) is 3. The maximum absolute atomic E-state index is 14.9. The number of hydrogen-bond donors (Lipinski definition) is 1. The second kappa shape index (κ2) is 12.1. The molecule has 1 heterocycles. The van der Waals surface area contributed by atoms with E-state index in [1.807, 2.05) is 17.1 Å². The highest BCUT2D eigenvalue weighted by molar-refractivity contribution is 6.01. The van der Waals surface area contributed by atoms with E-state index in [0.717, 1.165) is 89.6 Å². The summed E-state index contributed by atoms with van der Waals surface area (Å²) in [4.78, 5) is 26.5. The van der Waals surface area contributed by atoms with E-state index in [-0.39, 0.29) is 12.1 Å². The Morgan fingerprint density at radius 3 is 2.24 bits per heavy atom. The molecule has 0 radical (unpaired) electrons. The second-order valence-electron chi connectivity index (χ2n) is 11.0. The van der Waals surface area contributed by atoms with Crippen LogP contribution in [-0.2, 0) is 9.59 Å². The van der Waals surface area contributed by atoms with Crippen LogP contribution in [0, 0.1) is 0 Å². The molecule has 41 heavy (non-hydrogen) atoms. The van der Waals surface area contributed by atoms with Gasteiger partial charge in [-0.2, -0.15) is 5.01 Å². The topological polar surface area (TPSA) is 52.7 Å². The summed E-state index contributed by atoms with van der Waals surface area (Å²) < 4.78 is 0. The third-order valence-corrected chi connectivity index (χ3v) is 8.53. The predicted molar refractivity (Wildman–Crippen MR) is 165 cm³/mol. The van der Waals surface area contributed by atoms with Crippen molar-refractivity contribution < 1.29 is 9.59 Å². The van der Waals surface area contributed by atoms with Crippen LogP contribution in [0.3, 0.4) is 0 Å². The molecule has 2 unspecified atom stereocenters. The molecule has 5 heteroatoms. The fourth-order valence-corrected chi connectivity index (χ4v) is 6.61. The van der Waals surface area contributed by atoms with Crippen LogP contribution in [0.2, 0.25) is 0 Å². The number of nitrogens with one attached hydrogen (secondary N) is 1. The first-order chi connectivity index (χ1) is 20.2. The van der Waals surface area contributed by atoms with E-state index in [4.69, 9.17) is 0 Å². The Kier molecular flexibility index (Phi) is 7.97. The molecule has 208 valence electrons. The maximum atomic E-state index is 14.9. The van der Waals surface area contributed by atoms with Gasteiger partial charge in [-0.1, -0.05) is 110 Å². The maximum Gasteiger partial charge on any atom is 0.248 e. The molecule has 1 aliphatic carbocycles. The zero-order valence-electron chi connectivity index (χ0n) is 23.6. The van der Waals surface area contributed by atoms with Gasteiger partial charge in [-0.15, -0.1) is 0 Å². The highest BCUT2D eigenvalue weighted by Gasteiger charge is 2.41. The summed E-state index contributed by atoms with van der Waals surface area (Å²) in [5, 5.41) is 7.07. The minimum Gasteiger partial charge on any atom is -0.342 e. The van der Waals surface area contributed by atoms with Gasteiger partial charge in [-0.3, -0.25) is 14.6 Å². The number of piperidine rings is 1. The highest BCUT2D eigenvalue weighted by Crippen LogP contribution is 2.50. The van der Waals surface area contributed by atoms with Crippen molar-refractivity contribution in [3.8, 4) is 33.4 Å². The van der Waals surface area contributed by atoms with Crippen LogP contribution in [0.5, 0.6) is 0 Å². The van der Waals surface area contributed by atoms with Gasteiger partial charge in [0.25, 0.3) is 0 Å². The molecule has 1 saturated heterocycles. The summed E-state index contributed by atoms with van der Waals surface area (Å²) in [7, 11) is 0. The Labute approximate surface area is 242 Å². The smallest absolute Gasteiger partial charge is 0.248 e. The zero-order valence-corrected chi connectivity index (χ0v) is 23.6. The Hall–Kier alpha value is -4.22. The summed E-state index contributed by atoms with van der Waals surface area (Å²) in [6.45, 7) is 3.53. The van der Waals surface area contributed by atoms with E-state index in [2.05, 4.69) is 102 Å². The summed E-state index contributed by atoms with van der Waals surface area (Å²) in [5.74, 6) is -0.356. The lowest BCUT2D eigenvalue weighted by molar-refractivity contribution is -0.160. The number of nitrogens with zero attached hydrogens (tertiary/aromatic N) is 2. The summed E-state index contributed by atoms with van der Waals surface area (Å²) in [6.07, 6.45) is 5.35. The van der Waals surface area contributed by atoms with E-state index in [0.29, 0.717) is 6.54 Å². The first-order valence-electron chi connectivity index (χ1n) is 14.9. The molecule has 1 fully saturated rings. The minimum absolute atomic E-state index is 0.0777. The number of carbonyl (C=O) groups excluding carboxylic acids is 2. The van der Waals surface area contributed by atoms with E-state index in [1.165, 1.54) is 0 Å². The van der Waals surface area contributed by atoms with Crippen molar-refractivity contribution >= 4 is 12.3 Å². The number of carbonyl (C=O) groups is 2. The lowest BCUT2D eigenvalue weighted by Gasteiger charge is -2.43. The van der Waals surface area contributed by atoms with Crippen LogP contribution in [0.4, 0.5) is 0 Å². The molecule has 0 bridgehead atoms. The fourth-order valence-electron chi connectivity index (χ4n) is 6.61. The average Bonchev–Trinajstić information content (AvgIpc) is 3.37. The molecule has 2 amide bonds. The molecule has 0 spiro atoms. The van der Waals surface area contributed by atoms with Gasteiger partial charge in [-0.25, -0.2) is 0 Å². The first-order valence-corrected chi connectivity index (χ1v) is 14.9. The highest BCUT2D eigenvalue weighted by atomic mass is 16.2. The van der Waals surface area contributed by atoms with Gasteiger partial charge in [0, 0.05) is 13.1 Å². The third kappa shape index (κ3) is 5.07. The largest absolute Gasteiger partial charge is 0.342 e. The van der Waals surface area contributed by atoms with E-state index >= 15 is 0 Å². The van der Waals surface area contributed by atoms with Crippen LogP contribution in [0.1, 0.15) is 56.1 Å². The number of unbranched alkanes of at least 4 members (excludes halogenated alkanes) is 1. The lowest BCUT2D eigenvalue weighted by atomic mass is 9.86. The van der Waals surface area contributed by atoms with E-state index in [1.54, 1.807) is 0 Å². The van der Waals surface area contributed by atoms with Gasteiger partial charge in [-0.05, 0) is 70.2 Å². The number of fused-ring (bicyclic) bond motifs is 3. The van der Waals surface area contributed by atoms with Crippen LogP contribution in [0.25, 0.3) is 33.4 Å². The van der Waals surface area contributed by atoms with Gasteiger partial charge in [0.1, 0.15) is 0 Å². The molecule has 2 atom stereocenters. The molecule has 4 aromatic rings. The van der Waals surface area contributed by atoms with Gasteiger partial charge in [0.2, 0.25) is 12.3 Å². The third-order valence-electron chi connectivity index (χ3n) is 8.53. The SMILES string of the molecule is CCCCN(C(=O)C1c2ccccc2-c2cccc(-c3ccccc3-c3ccccc3)c21)N1CCCCC1NC=O. The van der Waals surface area contributed by atoms with Gasteiger partial charge >= 0.3 is 0 Å². The van der Waals surface area contributed by atoms with Crippen molar-refractivity contribution in [2.45, 2.75) is 51.1 Å². The molecule has 5 nitrogen and oxygen atoms in total. The fraction of sp³-hybridized carbons (Fsp3) is 0.278. The Bertz CT molecular complexity index is 1530. The van der Waals surface area contributed by atoms with Crippen molar-refractivity contribution in [3.05, 3.63) is 108 Å². The van der Waals surface area contributed by atoms with Gasteiger partial charge in [0.05, 0.1) is 12.1 Å². The van der Waals surface area contributed by atoms with Crippen LogP contribution in [0.15, 0.2) is 97.1 Å². The predicted octanol–water partition coefficient (Wildman–Crippen LogP) is 7.23. The molecule has 2 aliphatic rings. The van der Waals surface area contributed by atoms with E-state index < -0.39 is 5.92 Å². The summed E-state index contributed by atoms with van der Waals surface area (Å²) in [6, 6.07) is 33.7. The average molecular weight is 544 g/mol. The van der Waals surface area contributed by atoms with Crippen LogP contribution in [-0.4, -0.2) is 41.6 Å². The molecule has 4 aromatic carbocycles. The van der Waals surface area contributed by atoms with Crippen molar-refractivity contribution in [2.24, 2.45) is 0 Å². The summed E-state index contributed by atoms with van der Waals surface area (Å²) >= 11 is 0. The zero-order chi connectivity index (χ0) is 28.2. The second-order valence-corrected chi connectivity index (χ2v) is 11.0. The molecular formula is C36H37N3O2. The van der Waals surface area contributed by atoms with Crippen molar-refractivity contribution in [3.63, 3.8) is 0 Å². The number of hydrazine groups is 1. The van der Waals surface area contributed by atoms with Crippen molar-refractivity contribution in [2.75, 3.05) is 13.1 Å². The molecule has 6 rings (SSSR count). The molecule has 1 aliphatic heterocycles. The monoisotopic (exact) mass is 543 g/mol.